The quantitative estimate of drug-likeness (QED) is 0.510. The molecule has 0 fully saturated rings. The van der Waals surface area contributed by atoms with Crippen LogP contribution in [0.15, 0.2) is 82.7 Å². The number of hydrogen-bond acceptors (Lipinski definition) is 5. The lowest BCUT2D eigenvalue weighted by Gasteiger charge is -2.30. The number of amides is 1. The number of rotatable bonds is 3. The molecule has 0 radical (unpaired) electrons. The molecule has 1 aromatic heterocycles. The van der Waals surface area contributed by atoms with Gasteiger partial charge in [0.1, 0.15) is 0 Å². The van der Waals surface area contributed by atoms with Crippen LogP contribution in [0.25, 0.3) is 10.9 Å². The van der Waals surface area contributed by atoms with Gasteiger partial charge >= 0.3 is 5.97 Å². The predicted molar refractivity (Wildman–Crippen MR) is 111 cm³/mol. The molecule has 0 spiro atoms. The van der Waals surface area contributed by atoms with Crippen molar-refractivity contribution in [3.63, 3.8) is 0 Å². The fraction of sp³-hybridized carbons (Fsp3) is 0.0455. The van der Waals surface area contributed by atoms with E-state index in [1.165, 1.54) is 0 Å². The van der Waals surface area contributed by atoms with Crippen LogP contribution < -0.4 is 4.90 Å². The van der Waals surface area contributed by atoms with E-state index in [2.05, 4.69) is 10.2 Å². The molecule has 3 aromatic carbocycles. The minimum atomic E-state index is -0.553. The van der Waals surface area contributed by atoms with Crippen molar-refractivity contribution >= 4 is 45.9 Å². The Bertz CT molecular complexity index is 1210. The van der Waals surface area contributed by atoms with Crippen LogP contribution in [0.5, 0.6) is 0 Å². The van der Waals surface area contributed by atoms with E-state index in [9.17, 15) is 9.59 Å². The van der Waals surface area contributed by atoms with E-state index < -0.39 is 5.97 Å². The number of fused-ring (bicyclic) bond motifs is 3. The molecule has 7 heteroatoms. The summed E-state index contributed by atoms with van der Waals surface area (Å²) >= 11 is 1.62. The first-order valence-corrected chi connectivity index (χ1v) is 9.81. The summed E-state index contributed by atoms with van der Waals surface area (Å²) < 4.78 is 5.33. The van der Waals surface area contributed by atoms with E-state index in [4.69, 9.17) is 4.74 Å². The van der Waals surface area contributed by atoms with Gasteiger partial charge in [0.15, 0.2) is 6.61 Å². The van der Waals surface area contributed by atoms with Gasteiger partial charge in [0.25, 0.3) is 5.91 Å². The van der Waals surface area contributed by atoms with Gasteiger partial charge in [-0.1, -0.05) is 42.1 Å². The molecule has 1 amide bonds. The van der Waals surface area contributed by atoms with Crippen LogP contribution in [0.3, 0.4) is 0 Å². The van der Waals surface area contributed by atoms with Gasteiger partial charge in [-0.25, -0.2) is 4.79 Å². The van der Waals surface area contributed by atoms with E-state index in [-0.39, 0.29) is 12.5 Å². The summed E-state index contributed by atoms with van der Waals surface area (Å²) in [5.74, 6) is -0.857. The number of carbonyl (C=O) groups excluding carboxylic acids is 2. The maximum absolute atomic E-state index is 13.1. The maximum Gasteiger partial charge on any atom is 0.338 e. The zero-order chi connectivity index (χ0) is 19.8. The molecule has 2 heterocycles. The summed E-state index contributed by atoms with van der Waals surface area (Å²) in [6, 6.07) is 20.5. The van der Waals surface area contributed by atoms with Crippen molar-refractivity contribution in [2.45, 2.75) is 9.79 Å². The third kappa shape index (κ3) is 3.15. The summed E-state index contributed by atoms with van der Waals surface area (Å²) in [6.45, 7) is -0.354. The lowest BCUT2D eigenvalue weighted by molar-refractivity contribution is -0.121. The molecule has 4 aromatic rings. The monoisotopic (exact) mass is 401 g/mol. The van der Waals surface area contributed by atoms with Crippen molar-refractivity contribution in [3.8, 4) is 0 Å². The molecule has 5 rings (SSSR count). The number of esters is 1. The first-order valence-electron chi connectivity index (χ1n) is 9.00. The van der Waals surface area contributed by atoms with Crippen molar-refractivity contribution in [1.82, 2.24) is 10.2 Å². The highest BCUT2D eigenvalue weighted by Gasteiger charge is 2.28. The molecule has 1 N–H and O–H groups in total. The summed E-state index contributed by atoms with van der Waals surface area (Å²) in [6.07, 6.45) is 1.68. The Labute approximate surface area is 170 Å². The normalized spacial score (nSPS) is 12.3. The van der Waals surface area contributed by atoms with Crippen molar-refractivity contribution < 1.29 is 14.3 Å². The third-order valence-electron chi connectivity index (χ3n) is 4.69. The number of nitrogens with one attached hydrogen (secondary N) is 1. The van der Waals surface area contributed by atoms with E-state index in [1.54, 1.807) is 41.1 Å². The summed E-state index contributed by atoms with van der Waals surface area (Å²) in [7, 11) is 0. The standard InChI is InChI=1S/C22H15N3O3S/c26-21(13-28-22(27)14-9-10-15-12-23-24-16(15)11-14)25-17-5-1-3-7-19(17)29-20-8-4-2-6-18(20)25/h1-12H,13H2,(H,23,24). The van der Waals surface area contributed by atoms with Gasteiger partial charge in [-0.15, -0.1) is 0 Å². The highest BCUT2D eigenvalue weighted by atomic mass is 32.2. The first-order chi connectivity index (χ1) is 14.2. The zero-order valence-electron chi connectivity index (χ0n) is 15.2. The second kappa shape index (κ2) is 7.10. The van der Waals surface area contributed by atoms with Gasteiger partial charge in [-0.3, -0.25) is 14.8 Å². The summed E-state index contributed by atoms with van der Waals surface area (Å²) in [5.41, 5.74) is 2.68. The van der Waals surface area contributed by atoms with Crippen LogP contribution >= 0.6 is 11.8 Å². The molecule has 0 aliphatic carbocycles. The molecule has 142 valence electrons. The smallest absolute Gasteiger partial charge is 0.338 e. The largest absolute Gasteiger partial charge is 0.452 e. The van der Waals surface area contributed by atoms with Crippen LogP contribution in [0.4, 0.5) is 11.4 Å². The topological polar surface area (TPSA) is 75.3 Å². The molecule has 0 atom stereocenters. The van der Waals surface area contributed by atoms with Crippen LogP contribution in [0.2, 0.25) is 0 Å². The minimum absolute atomic E-state index is 0.304. The molecular weight excluding hydrogens is 386 g/mol. The summed E-state index contributed by atoms with van der Waals surface area (Å²) in [5, 5.41) is 7.66. The van der Waals surface area contributed by atoms with Crippen molar-refractivity contribution in [3.05, 3.63) is 78.5 Å². The number of ether oxygens (including phenoxy) is 1. The maximum atomic E-state index is 13.1. The molecule has 0 bridgehead atoms. The zero-order valence-corrected chi connectivity index (χ0v) is 16.0. The third-order valence-corrected chi connectivity index (χ3v) is 5.82. The number of carbonyl (C=O) groups is 2. The predicted octanol–water partition coefficient (Wildman–Crippen LogP) is 4.55. The molecular formula is C22H15N3O3S. The number of hydrogen-bond donors (Lipinski definition) is 1. The average Bonchev–Trinajstić information content (AvgIpc) is 3.23. The Morgan fingerprint density at radius 1 is 0.966 bits per heavy atom. The fourth-order valence-electron chi connectivity index (χ4n) is 3.31. The van der Waals surface area contributed by atoms with E-state index in [0.29, 0.717) is 5.56 Å². The Kier molecular flexibility index (Phi) is 4.29. The van der Waals surface area contributed by atoms with Crippen LogP contribution in [0, 0.1) is 0 Å². The first kappa shape index (κ1) is 17.5. The van der Waals surface area contributed by atoms with Crippen LogP contribution in [-0.4, -0.2) is 28.7 Å². The van der Waals surface area contributed by atoms with Crippen molar-refractivity contribution in [2.75, 3.05) is 11.5 Å². The molecule has 1 aliphatic rings. The van der Waals surface area contributed by atoms with E-state index in [0.717, 1.165) is 32.1 Å². The van der Waals surface area contributed by atoms with E-state index >= 15 is 0 Å². The van der Waals surface area contributed by atoms with Gasteiger partial charge < -0.3 is 4.74 Å². The minimum Gasteiger partial charge on any atom is -0.452 e. The van der Waals surface area contributed by atoms with Crippen LogP contribution in [0.1, 0.15) is 10.4 Å². The Morgan fingerprint density at radius 3 is 2.38 bits per heavy atom. The SMILES string of the molecule is O=C(OCC(=O)N1c2ccccc2Sc2ccccc21)c1ccc2cn[nH]c2c1. The van der Waals surface area contributed by atoms with E-state index in [1.807, 2.05) is 48.5 Å². The van der Waals surface area contributed by atoms with Gasteiger partial charge in [-0.05, 0) is 36.4 Å². The van der Waals surface area contributed by atoms with Gasteiger partial charge in [0.05, 0.1) is 28.7 Å². The number of aromatic nitrogens is 2. The van der Waals surface area contributed by atoms with Crippen LogP contribution in [-0.2, 0) is 9.53 Å². The fourth-order valence-corrected chi connectivity index (χ4v) is 4.37. The molecule has 0 saturated heterocycles. The number of para-hydroxylation sites is 2. The second-order valence-electron chi connectivity index (χ2n) is 6.51. The Hall–Kier alpha value is -3.58. The molecule has 0 saturated carbocycles. The molecule has 1 aliphatic heterocycles. The van der Waals surface area contributed by atoms with Gasteiger partial charge in [0.2, 0.25) is 0 Å². The highest BCUT2D eigenvalue weighted by molar-refractivity contribution is 7.99. The van der Waals surface area contributed by atoms with Gasteiger partial charge in [0, 0.05) is 15.2 Å². The lowest BCUT2D eigenvalue weighted by atomic mass is 10.2. The number of H-pyrrole nitrogens is 1. The summed E-state index contributed by atoms with van der Waals surface area (Å²) in [4.78, 5) is 29.1. The Morgan fingerprint density at radius 2 is 1.66 bits per heavy atom. The molecule has 0 unspecified atom stereocenters. The number of anilines is 2. The highest BCUT2D eigenvalue weighted by Crippen LogP contribution is 2.47. The Balaban J connectivity index is 1.39. The van der Waals surface area contributed by atoms with Crippen molar-refractivity contribution in [2.24, 2.45) is 0 Å². The lowest BCUT2D eigenvalue weighted by Crippen LogP contribution is -2.32. The molecule has 29 heavy (non-hydrogen) atoms. The number of benzene rings is 3. The molecule has 6 nitrogen and oxygen atoms in total. The van der Waals surface area contributed by atoms with Crippen molar-refractivity contribution in [1.29, 1.82) is 0 Å². The number of aromatic amines is 1. The van der Waals surface area contributed by atoms with Gasteiger partial charge in [-0.2, -0.15) is 5.10 Å². The number of nitrogens with zero attached hydrogens (tertiary/aromatic N) is 2. The average molecular weight is 401 g/mol. The second-order valence-corrected chi connectivity index (χ2v) is 7.60.